The fraction of sp³-hybridized carbons (Fsp3) is 0.786. The predicted octanol–water partition coefficient (Wildman–Crippen LogP) is 0.614. The Hall–Kier alpha value is -1.59. The minimum absolute atomic E-state index is 0.0295. The average Bonchev–Trinajstić information content (AvgIpc) is 2.87. The molecule has 0 aromatic carbocycles. The normalized spacial score (nSPS) is 30.1. The molecule has 3 unspecified atom stereocenters. The zero-order valence-electron chi connectivity index (χ0n) is 11.8. The topological polar surface area (TPSA) is 86.7 Å². The zero-order valence-corrected chi connectivity index (χ0v) is 11.8. The van der Waals surface area contributed by atoms with Crippen LogP contribution < -0.4 is 5.32 Å². The largest absolute Gasteiger partial charge is 0.481 e. The first-order valence-corrected chi connectivity index (χ1v) is 7.26. The monoisotopic (exact) mass is 282 g/mol. The van der Waals surface area contributed by atoms with Crippen LogP contribution in [0.1, 0.15) is 39.0 Å². The number of rotatable bonds is 3. The number of nitrogens with one attached hydrogen (secondary N) is 1. The summed E-state index contributed by atoms with van der Waals surface area (Å²) in [5.74, 6) is -1.35. The second kappa shape index (κ2) is 6.24. The molecule has 3 atom stereocenters. The summed E-state index contributed by atoms with van der Waals surface area (Å²) in [6.45, 7) is 2.74. The molecule has 2 aliphatic rings. The number of likely N-dealkylation sites (tertiary alicyclic amines) is 1. The van der Waals surface area contributed by atoms with Gasteiger partial charge in [-0.15, -0.1) is 0 Å². The minimum Gasteiger partial charge on any atom is -0.481 e. The summed E-state index contributed by atoms with van der Waals surface area (Å²) in [7, 11) is 0. The molecule has 1 aliphatic carbocycles. The number of hydrogen-bond donors (Lipinski definition) is 2. The lowest BCUT2D eigenvalue weighted by molar-refractivity contribution is -0.142. The Kier molecular flexibility index (Phi) is 4.62. The summed E-state index contributed by atoms with van der Waals surface area (Å²) in [5, 5.41) is 11.8. The molecule has 0 aromatic heterocycles. The number of aliphatic carboxylic acids is 1. The van der Waals surface area contributed by atoms with Crippen molar-refractivity contribution in [3.8, 4) is 0 Å². The van der Waals surface area contributed by atoms with Crippen molar-refractivity contribution in [2.24, 2.45) is 11.8 Å². The molecule has 6 heteroatoms. The summed E-state index contributed by atoms with van der Waals surface area (Å²) >= 11 is 0. The first-order chi connectivity index (χ1) is 9.47. The van der Waals surface area contributed by atoms with Crippen LogP contribution >= 0.6 is 0 Å². The molecule has 0 radical (unpaired) electrons. The van der Waals surface area contributed by atoms with E-state index in [9.17, 15) is 14.4 Å². The van der Waals surface area contributed by atoms with Gasteiger partial charge in [0, 0.05) is 32.0 Å². The molecule has 6 nitrogen and oxygen atoms in total. The highest BCUT2D eigenvalue weighted by atomic mass is 16.4. The van der Waals surface area contributed by atoms with E-state index < -0.39 is 5.97 Å². The average molecular weight is 282 g/mol. The van der Waals surface area contributed by atoms with E-state index in [2.05, 4.69) is 5.32 Å². The van der Waals surface area contributed by atoms with E-state index in [0.717, 1.165) is 12.8 Å². The maximum Gasteiger partial charge on any atom is 0.306 e. The van der Waals surface area contributed by atoms with Crippen molar-refractivity contribution in [3.05, 3.63) is 0 Å². The fourth-order valence-corrected chi connectivity index (χ4v) is 3.27. The number of nitrogens with zero attached hydrogens (tertiary/aromatic N) is 1. The second-order valence-electron chi connectivity index (χ2n) is 5.87. The number of carbonyl (C=O) groups is 3. The smallest absolute Gasteiger partial charge is 0.306 e. The third-order valence-electron chi connectivity index (χ3n) is 4.27. The van der Waals surface area contributed by atoms with Gasteiger partial charge in [-0.3, -0.25) is 14.4 Å². The van der Waals surface area contributed by atoms with Gasteiger partial charge >= 0.3 is 5.97 Å². The lowest BCUT2D eigenvalue weighted by atomic mass is 10.00. The van der Waals surface area contributed by atoms with Crippen molar-refractivity contribution in [2.45, 2.75) is 45.1 Å². The van der Waals surface area contributed by atoms with E-state index in [4.69, 9.17) is 5.11 Å². The Morgan fingerprint density at radius 3 is 2.45 bits per heavy atom. The summed E-state index contributed by atoms with van der Waals surface area (Å²) in [5.41, 5.74) is 0. The molecule has 1 saturated carbocycles. The summed E-state index contributed by atoms with van der Waals surface area (Å²) in [6, 6.07) is 0.0295. The Bertz CT molecular complexity index is 410. The molecular weight excluding hydrogens is 260 g/mol. The van der Waals surface area contributed by atoms with Crippen molar-refractivity contribution in [1.29, 1.82) is 0 Å². The van der Waals surface area contributed by atoms with Gasteiger partial charge in [0.2, 0.25) is 11.8 Å². The van der Waals surface area contributed by atoms with Crippen molar-refractivity contribution in [2.75, 3.05) is 13.1 Å². The van der Waals surface area contributed by atoms with Crippen molar-refractivity contribution < 1.29 is 19.5 Å². The van der Waals surface area contributed by atoms with Crippen LogP contribution in [0.3, 0.4) is 0 Å². The number of amides is 2. The number of piperidine rings is 1. The lowest BCUT2D eigenvalue weighted by Gasteiger charge is -2.34. The quantitative estimate of drug-likeness (QED) is 0.794. The van der Waals surface area contributed by atoms with Crippen molar-refractivity contribution >= 4 is 17.8 Å². The molecule has 112 valence electrons. The summed E-state index contributed by atoms with van der Waals surface area (Å²) in [4.78, 5) is 36.2. The Morgan fingerprint density at radius 2 is 1.85 bits per heavy atom. The van der Waals surface area contributed by atoms with Gasteiger partial charge in [0.25, 0.3) is 0 Å². The van der Waals surface area contributed by atoms with Crippen LogP contribution in [-0.4, -0.2) is 46.9 Å². The fourth-order valence-electron chi connectivity index (χ4n) is 3.27. The second-order valence-corrected chi connectivity index (χ2v) is 5.87. The molecule has 1 saturated heterocycles. The van der Waals surface area contributed by atoms with Gasteiger partial charge in [0.15, 0.2) is 0 Å². The predicted molar refractivity (Wildman–Crippen MR) is 71.9 cm³/mol. The molecule has 2 fully saturated rings. The molecule has 0 spiro atoms. The highest BCUT2D eigenvalue weighted by Crippen LogP contribution is 2.32. The molecule has 1 aliphatic heterocycles. The van der Waals surface area contributed by atoms with E-state index in [1.165, 1.54) is 6.92 Å². The molecule has 0 bridgehead atoms. The van der Waals surface area contributed by atoms with E-state index in [0.29, 0.717) is 32.4 Å². The molecule has 2 amide bonds. The third-order valence-corrected chi connectivity index (χ3v) is 4.27. The van der Waals surface area contributed by atoms with Crippen LogP contribution in [-0.2, 0) is 14.4 Å². The Labute approximate surface area is 118 Å². The van der Waals surface area contributed by atoms with E-state index >= 15 is 0 Å². The van der Waals surface area contributed by atoms with Crippen LogP contribution in [0.25, 0.3) is 0 Å². The SMILES string of the molecule is CC(=O)NC1CCCN(C(=O)C2CCC(C(=O)O)C2)C1. The van der Waals surface area contributed by atoms with Gasteiger partial charge in [-0.1, -0.05) is 0 Å². The van der Waals surface area contributed by atoms with Gasteiger partial charge in [-0.2, -0.15) is 0 Å². The number of carboxylic acid groups (broad SMARTS) is 1. The number of carbonyl (C=O) groups excluding carboxylic acids is 2. The molecular formula is C14H22N2O4. The molecule has 20 heavy (non-hydrogen) atoms. The van der Waals surface area contributed by atoms with Crippen molar-refractivity contribution in [1.82, 2.24) is 10.2 Å². The number of carboxylic acids is 1. The van der Waals surface area contributed by atoms with Crippen molar-refractivity contribution in [3.63, 3.8) is 0 Å². The molecule has 2 N–H and O–H groups in total. The Balaban J connectivity index is 1.89. The van der Waals surface area contributed by atoms with Crippen LogP contribution in [0.15, 0.2) is 0 Å². The zero-order chi connectivity index (χ0) is 14.7. The highest BCUT2D eigenvalue weighted by Gasteiger charge is 2.37. The van der Waals surface area contributed by atoms with Gasteiger partial charge in [-0.05, 0) is 32.1 Å². The van der Waals surface area contributed by atoms with Crippen LogP contribution in [0.2, 0.25) is 0 Å². The maximum absolute atomic E-state index is 12.4. The van der Waals surface area contributed by atoms with Crippen LogP contribution in [0, 0.1) is 11.8 Å². The first kappa shape index (κ1) is 14.8. The van der Waals surface area contributed by atoms with Gasteiger partial charge < -0.3 is 15.3 Å². The molecule has 0 aromatic rings. The van der Waals surface area contributed by atoms with Gasteiger partial charge in [0.05, 0.1) is 5.92 Å². The maximum atomic E-state index is 12.4. The first-order valence-electron chi connectivity index (χ1n) is 7.26. The highest BCUT2D eigenvalue weighted by molar-refractivity contribution is 5.81. The molecule has 2 rings (SSSR count). The minimum atomic E-state index is -0.796. The van der Waals surface area contributed by atoms with Crippen LogP contribution in [0.5, 0.6) is 0 Å². The summed E-state index contributed by atoms with van der Waals surface area (Å²) < 4.78 is 0. The van der Waals surface area contributed by atoms with E-state index in [1.807, 2.05) is 0 Å². The van der Waals surface area contributed by atoms with E-state index in [1.54, 1.807) is 4.90 Å². The number of hydrogen-bond acceptors (Lipinski definition) is 3. The van der Waals surface area contributed by atoms with Gasteiger partial charge in [0.1, 0.15) is 0 Å². The van der Waals surface area contributed by atoms with Crippen LogP contribution in [0.4, 0.5) is 0 Å². The van der Waals surface area contributed by atoms with E-state index in [-0.39, 0.29) is 29.7 Å². The Morgan fingerprint density at radius 1 is 1.15 bits per heavy atom. The van der Waals surface area contributed by atoms with Gasteiger partial charge in [-0.25, -0.2) is 0 Å². The third kappa shape index (κ3) is 3.49. The molecule has 1 heterocycles. The lowest BCUT2D eigenvalue weighted by Crippen LogP contribution is -2.50. The summed E-state index contributed by atoms with van der Waals surface area (Å²) in [6.07, 6.45) is 3.48. The standard InChI is InChI=1S/C14H22N2O4/c1-9(17)15-12-3-2-6-16(8-12)13(18)10-4-5-11(7-10)14(19)20/h10-12H,2-8H2,1H3,(H,15,17)(H,19,20).